The Morgan fingerprint density at radius 1 is 1.17 bits per heavy atom. The van der Waals surface area contributed by atoms with Crippen LogP contribution in [0.15, 0.2) is 0 Å². The molecule has 2 unspecified atom stereocenters. The van der Waals surface area contributed by atoms with Crippen LogP contribution in [0.1, 0.15) is 65.7 Å². The average Bonchev–Trinajstić information content (AvgIpc) is 2.64. The van der Waals surface area contributed by atoms with Gasteiger partial charge in [-0.15, -0.1) is 0 Å². The number of unbranched alkanes of at least 4 members (excludes halogenated alkanes) is 1. The van der Waals surface area contributed by atoms with Crippen molar-refractivity contribution >= 4 is 0 Å². The Labute approximate surface area is 115 Å². The normalized spacial score (nSPS) is 23.8. The van der Waals surface area contributed by atoms with Gasteiger partial charge in [-0.1, -0.05) is 40.0 Å². The van der Waals surface area contributed by atoms with E-state index in [1.54, 1.807) is 0 Å². The van der Waals surface area contributed by atoms with Crippen LogP contribution in [-0.2, 0) is 0 Å². The van der Waals surface area contributed by atoms with Gasteiger partial charge in [0.2, 0.25) is 0 Å². The highest BCUT2D eigenvalue weighted by Gasteiger charge is 2.16. The molecule has 0 radical (unpaired) electrons. The number of hydrogen-bond acceptors (Lipinski definition) is 2. The fourth-order valence-electron chi connectivity index (χ4n) is 2.95. The second-order valence-corrected chi connectivity index (χ2v) is 5.89. The summed E-state index contributed by atoms with van der Waals surface area (Å²) in [5.74, 6) is 0.899. The zero-order valence-corrected chi connectivity index (χ0v) is 12.9. The van der Waals surface area contributed by atoms with Gasteiger partial charge in [-0.25, -0.2) is 0 Å². The highest BCUT2D eigenvalue weighted by molar-refractivity contribution is 4.75. The minimum Gasteiger partial charge on any atom is -0.314 e. The second kappa shape index (κ2) is 9.80. The van der Waals surface area contributed by atoms with E-state index in [9.17, 15) is 0 Å². The molecule has 0 spiro atoms. The topological polar surface area (TPSA) is 15.3 Å². The van der Waals surface area contributed by atoms with Gasteiger partial charge in [0.05, 0.1) is 0 Å². The van der Waals surface area contributed by atoms with Gasteiger partial charge < -0.3 is 10.2 Å². The lowest BCUT2D eigenvalue weighted by Crippen LogP contribution is -2.34. The molecule has 108 valence electrons. The Bertz CT molecular complexity index is 194. The van der Waals surface area contributed by atoms with Crippen LogP contribution in [0, 0.1) is 5.92 Å². The van der Waals surface area contributed by atoms with Gasteiger partial charge in [0.25, 0.3) is 0 Å². The van der Waals surface area contributed by atoms with Crippen molar-refractivity contribution in [1.29, 1.82) is 0 Å². The molecule has 2 atom stereocenters. The highest BCUT2D eigenvalue weighted by Crippen LogP contribution is 2.14. The monoisotopic (exact) mass is 254 g/mol. The van der Waals surface area contributed by atoms with E-state index in [2.05, 4.69) is 31.0 Å². The third kappa shape index (κ3) is 6.19. The van der Waals surface area contributed by atoms with Gasteiger partial charge in [0, 0.05) is 6.04 Å². The fourth-order valence-corrected chi connectivity index (χ4v) is 2.95. The molecule has 0 aliphatic carbocycles. The summed E-state index contributed by atoms with van der Waals surface area (Å²) in [7, 11) is 0. The van der Waals surface area contributed by atoms with Crippen LogP contribution in [0.3, 0.4) is 0 Å². The second-order valence-electron chi connectivity index (χ2n) is 5.89. The minimum absolute atomic E-state index is 0.775. The Morgan fingerprint density at radius 3 is 2.67 bits per heavy atom. The van der Waals surface area contributed by atoms with Gasteiger partial charge in [0.15, 0.2) is 0 Å². The standard InChI is InChI=1S/C16H34N2/c1-4-7-9-15(5-2)14-17-16-10-8-12-18(6-3)13-11-16/h15-17H,4-14H2,1-3H3. The van der Waals surface area contributed by atoms with Gasteiger partial charge in [-0.05, 0) is 57.8 Å². The van der Waals surface area contributed by atoms with Crippen LogP contribution in [0.4, 0.5) is 0 Å². The van der Waals surface area contributed by atoms with E-state index in [0.717, 1.165) is 12.0 Å². The zero-order chi connectivity index (χ0) is 13.2. The third-order valence-corrected chi connectivity index (χ3v) is 4.51. The van der Waals surface area contributed by atoms with E-state index in [4.69, 9.17) is 0 Å². The van der Waals surface area contributed by atoms with Gasteiger partial charge in [-0.2, -0.15) is 0 Å². The van der Waals surface area contributed by atoms with Crippen LogP contribution in [0.5, 0.6) is 0 Å². The SMILES string of the molecule is CCCCC(CC)CNC1CCCN(CC)CC1. The first-order valence-electron chi connectivity index (χ1n) is 8.25. The number of nitrogens with one attached hydrogen (secondary N) is 1. The molecule has 1 aliphatic heterocycles. The maximum atomic E-state index is 3.84. The van der Waals surface area contributed by atoms with Crippen molar-refractivity contribution in [3.8, 4) is 0 Å². The van der Waals surface area contributed by atoms with E-state index in [1.807, 2.05) is 0 Å². The largest absolute Gasteiger partial charge is 0.314 e. The van der Waals surface area contributed by atoms with Crippen molar-refractivity contribution in [2.45, 2.75) is 71.8 Å². The molecular formula is C16H34N2. The molecule has 0 aromatic carbocycles. The van der Waals surface area contributed by atoms with E-state index < -0.39 is 0 Å². The molecule has 0 saturated carbocycles. The number of hydrogen-bond donors (Lipinski definition) is 1. The molecule has 2 nitrogen and oxygen atoms in total. The summed E-state index contributed by atoms with van der Waals surface area (Å²) in [4.78, 5) is 2.59. The molecule has 1 rings (SSSR count). The molecule has 0 bridgehead atoms. The predicted molar refractivity (Wildman–Crippen MR) is 81.1 cm³/mol. The first-order valence-corrected chi connectivity index (χ1v) is 8.25. The molecule has 18 heavy (non-hydrogen) atoms. The Morgan fingerprint density at radius 2 is 2.00 bits per heavy atom. The van der Waals surface area contributed by atoms with Crippen molar-refractivity contribution in [3.05, 3.63) is 0 Å². The summed E-state index contributed by atoms with van der Waals surface area (Å²) >= 11 is 0. The third-order valence-electron chi connectivity index (χ3n) is 4.51. The lowest BCUT2D eigenvalue weighted by Gasteiger charge is -2.21. The molecule has 2 heteroatoms. The Balaban J connectivity index is 2.20. The Hall–Kier alpha value is -0.0800. The molecule has 0 aromatic rings. The summed E-state index contributed by atoms with van der Waals surface area (Å²) < 4.78 is 0. The molecule has 0 amide bonds. The van der Waals surface area contributed by atoms with E-state index >= 15 is 0 Å². The van der Waals surface area contributed by atoms with Crippen molar-refractivity contribution in [1.82, 2.24) is 10.2 Å². The maximum absolute atomic E-state index is 3.84. The molecule has 1 N–H and O–H groups in total. The number of rotatable bonds is 8. The maximum Gasteiger partial charge on any atom is 0.00798 e. The van der Waals surface area contributed by atoms with E-state index in [-0.39, 0.29) is 0 Å². The van der Waals surface area contributed by atoms with Crippen molar-refractivity contribution in [3.63, 3.8) is 0 Å². The Kier molecular flexibility index (Phi) is 8.70. The van der Waals surface area contributed by atoms with E-state index in [0.29, 0.717) is 0 Å². The molecule has 1 fully saturated rings. The van der Waals surface area contributed by atoms with E-state index in [1.165, 1.54) is 71.1 Å². The summed E-state index contributed by atoms with van der Waals surface area (Å²) in [6, 6.07) is 0.775. The van der Waals surface area contributed by atoms with Crippen LogP contribution >= 0.6 is 0 Å². The highest BCUT2D eigenvalue weighted by atomic mass is 15.1. The van der Waals surface area contributed by atoms with Gasteiger partial charge in [0.1, 0.15) is 0 Å². The van der Waals surface area contributed by atoms with Crippen LogP contribution in [0.25, 0.3) is 0 Å². The van der Waals surface area contributed by atoms with Crippen molar-refractivity contribution < 1.29 is 0 Å². The fraction of sp³-hybridized carbons (Fsp3) is 1.00. The summed E-state index contributed by atoms with van der Waals surface area (Å²) in [5.41, 5.74) is 0. The van der Waals surface area contributed by atoms with Crippen LogP contribution < -0.4 is 5.32 Å². The molecule has 1 aliphatic rings. The molecular weight excluding hydrogens is 220 g/mol. The molecule has 1 heterocycles. The number of nitrogens with zero attached hydrogens (tertiary/aromatic N) is 1. The van der Waals surface area contributed by atoms with Gasteiger partial charge in [-0.3, -0.25) is 0 Å². The molecule has 0 aromatic heterocycles. The summed E-state index contributed by atoms with van der Waals surface area (Å²) in [6.45, 7) is 12.0. The minimum atomic E-state index is 0.775. The van der Waals surface area contributed by atoms with Crippen LogP contribution in [0.2, 0.25) is 0 Å². The summed E-state index contributed by atoms with van der Waals surface area (Å²) in [5, 5.41) is 3.84. The number of likely N-dealkylation sites (tertiary alicyclic amines) is 1. The van der Waals surface area contributed by atoms with Crippen LogP contribution in [-0.4, -0.2) is 37.1 Å². The summed E-state index contributed by atoms with van der Waals surface area (Å²) in [6.07, 6.45) is 9.57. The lowest BCUT2D eigenvalue weighted by atomic mass is 9.98. The smallest absolute Gasteiger partial charge is 0.00798 e. The first-order chi connectivity index (χ1) is 8.80. The zero-order valence-electron chi connectivity index (χ0n) is 12.9. The van der Waals surface area contributed by atoms with Gasteiger partial charge >= 0.3 is 0 Å². The van der Waals surface area contributed by atoms with Crippen molar-refractivity contribution in [2.75, 3.05) is 26.2 Å². The molecule has 1 saturated heterocycles. The van der Waals surface area contributed by atoms with Crippen molar-refractivity contribution in [2.24, 2.45) is 5.92 Å². The average molecular weight is 254 g/mol. The first kappa shape index (κ1) is 16.0. The predicted octanol–water partition coefficient (Wildman–Crippen LogP) is 3.67. The quantitative estimate of drug-likeness (QED) is 0.711. The lowest BCUT2D eigenvalue weighted by molar-refractivity contribution is 0.295.